The molecule has 0 bridgehead atoms. The van der Waals surface area contributed by atoms with Crippen LogP contribution in [0.25, 0.3) is 11.0 Å². The molecule has 0 saturated heterocycles. The molecule has 4 nitrogen and oxygen atoms in total. The SMILES string of the molecule is CCC(CO)(CCCn1cnc2ccccc21)NC. The average Bonchev–Trinajstić information content (AvgIpc) is 2.88. The number of hydrogen-bond acceptors (Lipinski definition) is 3. The Morgan fingerprint density at radius 1 is 1.37 bits per heavy atom. The fraction of sp³-hybridized carbons (Fsp3) is 0.533. The van der Waals surface area contributed by atoms with E-state index in [1.807, 2.05) is 31.6 Å². The average molecular weight is 261 g/mol. The number of aliphatic hydroxyl groups excluding tert-OH is 1. The first-order valence-electron chi connectivity index (χ1n) is 6.94. The van der Waals surface area contributed by atoms with Crippen molar-refractivity contribution in [2.45, 2.75) is 38.3 Å². The molecular formula is C15H23N3O. The van der Waals surface area contributed by atoms with Gasteiger partial charge in [0.25, 0.3) is 0 Å². The summed E-state index contributed by atoms with van der Waals surface area (Å²) >= 11 is 0. The van der Waals surface area contributed by atoms with Crippen molar-refractivity contribution in [1.82, 2.24) is 14.9 Å². The number of nitrogens with one attached hydrogen (secondary N) is 1. The van der Waals surface area contributed by atoms with Crippen LogP contribution in [0.1, 0.15) is 26.2 Å². The molecular weight excluding hydrogens is 238 g/mol. The predicted octanol–water partition coefficient (Wildman–Crippen LogP) is 2.18. The predicted molar refractivity (Wildman–Crippen MR) is 78.1 cm³/mol. The summed E-state index contributed by atoms with van der Waals surface area (Å²) in [5, 5.41) is 12.8. The van der Waals surface area contributed by atoms with E-state index < -0.39 is 0 Å². The van der Waals surface area contributed by atoms with Gasteiger partial charge in [-0.2, -0.15) is 0 Å². The highest BCUT2D eigenvalue weighted by Crippen LogP contribution is 2.18. The van der Waals surface area contributed by atoms with Crippen LogP contribution in [-0.4, -0.2) is 33.9 Å². The van der Waals surface area contributed by atoms with Gasteiger partial charge in [-0.15, -0.1) is 0 Å². The number of aryl methyl sites for hydroxylation is 1. The molecule has 0 aliphatic heterocycles. The van der Waals surface area contributed by atoms with Crippen molar-refractivity contribution in [2.24, 2.45) is 0 Å². The zero-order chi connectivity index (χ0) is 13.7. The molecule has 2 N–H and O–H groups in total. The minimum atomic E-state index is -0.142. The molecule has 1 aromatic carbocycles. The third-order valence-corrected chi connectivity index (χ3v) is 4.09. The number of likely N-dealkylation sites (N-methyl/N-ethyl adjacent to an activating group) is 1. The molecule has 0 amide bonds. The smallest absolute Gasteiger partial charge is 0.0958 e. The maximum absolute atomic E-state index is 9.52. The molecule has 1 unspecified atom stereocenters. The summed E-state index contributed by atoms with van der Waals surface area (Å²) in [5.41, 5.74) is 2.08. The van der Waals surface area contributed by atoms with Crippen molar-refractivity contribution in [3.63, 3.8) is 0 Å². The highest BCUT2D eigenvalue weighted by molar-refractivity contribution is 5.74. The van der Waals surface area contributed by atoms with E-state index in [0.29, 0.717) is 0 Å². The molecule has 0 radical (unpaired) electrons. The number of benzene rings is 1. The molecule has 0 aliphatic carbocycles. The number of hydrogen-bond donors (Lipinski definition) is 2. The second kappa shape index (κ2) is 6.17. The van der Waals surface area contributed by atoms with Gasteiger partial charge in [0.1, 0.15) is 0 Å². The molecule has 0 spiro atoms. The van der Waals surface area contributed by atoms with Crippen molar-refractivity contribution < 1.29 is 5.11 Å². The highest BCUT2D eigenvalue weighted by atomic mass is 16.3. The Morgan fingerprint density at radius 3 is 2.84 bits per heavy atom. The van der Waals surface area contributed by atoms with Crippen LogP contribution >= 0.6 is 0 Å². The summed E-state index contributed by atoms with van der Waals surface area (Å²) in [6.07, 6.45) is 4.82. The molecule has 19 heavy (non-hydrogen) atoms. The molecule has 0 aliphatic rings. The lowest BCUT2D eigenvalue weighted by Gasteiger charge is -2.30. The summed E-state index contributed by atoms with van der Waals surface area (Å²) in [6.45, 7) is 3.23. The maximum Gasteiger partial charge on any atom is 0.0958 e. The van der Waals surface area contributed by atoms with E-state index in [4.69, 9.17) is 0 Å². The van der Waals surface area contributed by atoms with Gasteiger partial charge in [-0.25, -0.2) is 4.98 Å². The zero-order valence-electron chi connectivity index (χ0n) is 11.8. The quantitative estimate of drug-likeness (QED) is 0.803. The van der Waals surface area contributed by atoms with Crippen LogP contribution in [0.3, 0.4) is 0 Å². The lowest BCUT2D eigenvalue weighted by Crippen LogP contribution is -2.46. The minimum absolute atomic E-state index is 0.142. The lowest BCUT2D eigenvalue weighted by molar-refractivity contribution is 0.151. The summed E-state index contributed by atoms with van der Waals surface area (Å²) in [7, 11) is 1.92. The van der Waals surface area contributed by atoms with Gasteiger partial charge in [-0.3, -0.25) is 0 Å². The molecule has 0 fully saturated rings. The van der Waals surface area contributed by atoms with E-state index in [0.717, 1.165) is 31.3 Å². The topological polar surface area (TPSA) is 50.1 Å². The van der Waals surface area contributed by atoms with Gasteiger partial charge in [0.2, 0.25) is 0 Å². The zero-order valence-corrected chi connectivity index (χ0v) is 11.8. The first kappa shape index (κ1) is 14.0. The third kappa shape index (κ3) is 2.96. The Morgan fingerprint density at radius 2 is 2.16 bits per heavy atom. The van der Waals surface area contributed by atoms with Crippen molar-refractivity contribution in [3.05, 3.63) is 30.6 Å². The van der Waals surface area contributed by atoms with Crippen LogP contribution in [0.5, 0.6) is 0 Å². The first-order valence-corrected chi connectivity index (χ1v) is 6.94. The number of nitrogens with zero attached hydrogens (tertiary/aromatic N) is 2. The van der Waals surface area contributed by atoms with Crippen molar-refractivity contribution in [2.75, 3.05) is 13.7 Å². The van der Waals surface area contributed by atoms with Gasteiger partial charge in [0.15, 0.2) is 0 Å². The Balaban J connectivity index is 1.99. The second-order valence-electron chi connectivity index (χ2n) is 5.07. The number of aromatic nitrogens is 2. The van der Waals surface area contributed by atoms with Crippen molar-refractivity contribution >= 4 is 11.0 Å². The normalized spacial score (nSPS) is 14.7. The van der Waals surface area contributed by atoms with Gasteiger partial charge >= 0.3 is 0 Å². The van der Waals surface area contributed by atoms with Gasteiger partial charge in [-0.05, 0) is 38.4 Å². The minimum Gasteiger partial charge on any atom is -0.394 e. The first-order chi connectivity index (χ1) is 9.24. The van der Waals surface area contributed by atoms with Crippen LogP contribution < -0.4 is 5.32 Å². The Bertz CT molecular complexity index is 509. The monoisotopic (exact) mass is 261 g/mol. The fourth-order valence-corrected chi connectivity index (χ4v) is 2.52. The second-order valence-corrected chi connectivity index (χ2v) is 5.07. The standard InChI is InChI=1S/C15H23N3O/c1-3-15(11-19,16-2)9-6-10-18-12-17-13-7-4-5-8-14(13)18/h4-5,7-8,12,16,19H,3,6,9-11H2,1-2H3. The number of rotatable bonds is 7. The van der Waals surface area contributed by atoms with E-state index in [-0.39, 0.29) is 12.1 Å². The van der Waals surface area contributed by atoms with E-state index in [1.165, 1.54) is 5.52 Å². The van der Waals surface area contributed by atoms with Crippen LogP contribution in [0.15, 0.2) is 30.6 Å². The number of imidazole rings is 1. The third-order valence-electron chi connectivity index (χ3n) is 4.09. The Kier molecular flexibility index (Phi) is 4.56. The Hall–Kier alpha value is -1.39. The van der Waals surface area contributed by atoms with Gasteiger partial charge in [0.05, 0.1) is 24.0 Å². The summed E-state index contributed by atoms with van der Waals surface area (Å²) in [4.78, 5) is 4.39. The maximum atomic E-state index is 9.52. The highest BCUT2D eigenvalue weighted by Gasteiger charge is 2.24. The van der Waals surface area contributed by atoms with Crippen LogP contribution in [0.2, 0.25) is 0 Å². The molecule has 104 valence electrons. The Labute approximate surface area is 114 Å². The largest absolute Gasteiger partial charge is 0.394 e. The van der Waals surface area contributed by atoms with Crippen LogP contribution in [0, 0.1) is 0 Å². The van der Waals surface area contributed by atoms with Crippen LogP contribution in [-0.2, 0) is 6.54 Å². The molecule has 1 heterocycles. The molecule has 4 heteroatoms. The van der Waals surface area contributed by atoms with E-state index >= 15 is 0 Å². The molecule has 1 aromatic heterocycles. The van der Waals surface area contributed by atoms with Crippen molar-refractivity contribution in [3.8, 4) is 0 Å². The van der Waals surface area contributed by atoms with Crippen molar-refractivity contribution in [1.29, 1.82) is 0 Å². The molecule has 2 rings (SSSR count). The molecule has 1 atom stereocenters. The van der Waals surface area contributed by atoms with E-state index in [9.17, 15) is 5.11 Å². The number of para-hydroxylation sites is 2. The van der Waals surface area contributed by atoms with Gasteiger partial charge in [0, 0.05) is 12.1 Å². The summed E-state index contributed by atoms with van der Waals surface area (Å²) in [6, 6.07) is 8.18. The number of fused-ring (bicyclic) bond motifs is 1. The summed E-state index contributed by atoms with van der Waals surface area (Å²) in [5.74, 6) is 0. The summed E-state index contributed by atoms with van der Waals surface area (Å²) < 4.78 is 2.18. The van der Waals surface area contributed by atoms with Gasteiger partial charge < -0.3 is 15.0 Å². The fourth-order valence-electron chi connectivity index (χ4n) is 2.52. The number of aliphatic hydroxyl groups is 1. The molecule has 0 saturated carbocycles. The van der Waals surface area contributed by atoms with E-state index in [2.05, 4.69) is 27.9 Å². The van der Waals surface area contributed by atoms with Crippen LogP contribution in [0.4, 0.5) is 0 Å². The van der Waals surface area contributed by atoms with Gasteiger partial charge in [-0.1, -0.05) is 19.1 Å². The molecule has 2 aromatic rings. The van der Waals surface area contributed by atoms with E-state index in [1.54, 1.807) is 0 Å². The lowest BCUT2D eigenvalue weighted by atomic mass is 9.91.